The fraction of sp³-hybridized carbons (Fsp3) is 0.286. The smallest absolute Gasteiger partial charge is 0.383 e. The lowest BCUT2D eigenvalue weighted by atomic mass is 10.1. The van der Waals surface area contributed by atoms with Gasteiger partial charge in [0.2, 0.25) is 0 Å². The van der Waals surface area contributed by atoms with Gasteiger partial charge in [-0.3, -0.25) is 14.2 Å². The summed E-state index contributed by atoms with van der Waals surface area (Å²) in [6, 6.07) is 10.2. The molecule has 1 amide bonds. The molecule has 0 radical (unpaired) electrons. The highest BCUT2D eigenvalue weighted by molar-refractivity contribution is 5.94. The SMILES string of the molecule is COCCn1c([C@@H](C)NC(=O)c2cccc(C(F)(F)F)c2)nc2ccccc2c1=O. The number of fused-ring (bicyclic) bond motifs is 1. The molecule has 1 N–H and O–H groups in total. The van der Waals surface area contributed by atoms with Gasteiger partial charge < -0.3 is 10.1 Å². The molecule has 30 heavy (non-hydrogen) atoms. The van der Waals surface area contributed by atoms with Crippen LogP contribution in [0.25, 0.3) is 10.9 Å². The number of hydrogen-bond acceptors (Lipinski definition) is 4. The van der Waals surface area contributed by atoms with Crippen molar-refractivity contribution < 1.29 is 22.7 Å². The Kier molecular flexibility index (Phi) is 6.21. The van der Waals surface area contributed by atoms with Crippen LogP contribution in [-0.4, -0.2) is 29.2 Å². The number of benzene rings is 2. The van der Waals surface area contributed by atoms with E-state index in [-0.39, 0.29) is 30.1 Å². The second-order valence-corrected chi connectivity index (χ2v) is 6.71. The van der Waals surface area contributed by atoms with Crippen LogP contribution in [0, 0.1) is 0 Å². The summed E-state index contributed by atoms with van der Waals surface area (Å²) < 4.78 is 45.3. The number of alkyl halides is 3. The Hall–Kier alpha value is -3.20. The molecule has 0 bridgehead atoms. The van der Waals surface area contributed by atoms with E-state index >= 15 is 0 Å². The summed E-state index contributed by atoms with van der Waals surface area (Å²) in [4.78, 5) is 30.0. The van der Waals surface area contributed by atoms with Crippen molar-refractivity contribution in [1.82, 2.24) is 14.9 Å². The van der Waals surface area contributed by atoms with E-state index in [9.17, 15) is 22.8 Å². The van der Waals surface area contributed by atoms with Crippen molar-refractivity contribution in [3.8, 4) is 0 Å². The second-order valence-electron chi connectivity index (χ2n) is 6.71. The molecular formula is C21H20F3N3O3. The molecule has 158 valence electrons. The van der Waals surface area contributed by atoms with E-state index in [0.717, 1.165) is 12.1 Å². The topological polar surface area (TPSA) is 73.2 Å². The van der Waals surface area contributed by atoms with E-state index in [0.29, 0.717) is 10.9 Å². The van der Waals surface area contributed by atoms with Gasteiger partial charge in [-0.05, 0) is 37.3 Å². The summed E-state index contributed by atoms with van der Waals surface area (Å²) in [5.41, 5.74) is -0.869. The van der Waals surface area contributed by atoms with Crippen molar-refractivity contribution in [3.05, 3.63) is 75.8 Å². The Labute approximate surface area is 170 Å². The van der Waals surface area contributed by atoms with Crippen molar-refractivity contribution in [2.24, 2.45) is 0 Å². The minimum Gasteiger partial charge on any atom is -0.383 e. The van der Waals surface area contributed by atoms with Crippen LogP contribution >= 0.6 is 0 Å². The first kappa shape index (κ1) is 21.5. The predicted molar refractivity (Wildman–Crippen MR) is 105 cm³/mol. The summed E-state index contributed by atoms with van der Waals surface area (Å²) in [7, 11) is 1.50. The first-order chi connectivity index (χ1) is 14.2. The quantitative estimate of drug-likeness (QED) is 0.663. The van der Waals surface area contributed by atoms with Gasteiger partial charge in [0, 0.05) is 12.7 Å². The lowest BCUT2D eigenvalue weighted by Crippen LogP contribution is -2.34. The Morgan fingerprint density at radius 2 is 1.93 bits per heavy atom. The zero-order chi connectivity index (χ0) is 21.9. The summed E-state index contributed by atoms with van der Waals surface area (Å²) in [5, 5.41) is 3.06. The van der Waals surface area contributed by atoms with Crippen LogP contribution in [0.5, 0.6) is 0 Å². The minimum absolute atomic E-state index is 0.136. The zero-order valence-corrected chi connectivity index (χ0v) is 16.4. The molecule has 1 atom stereocenters. The minimum atomic E-state index is -4.55. The maximum Gasteiger partial charge on any atom is 0.416 e. The third-order valence-electron chi connectivity index (χ3n) is 4.60. The van der Waals surface area contributed by atoms with Gasteiger partial charge in [-0.15, -0.1) is 0 Å². The van der Waals surface area contributed by atoms with Crippen molar-refractivity contribution in [2.75, 3.05) is 13.7 Å². The maximum absolute atomic E-state index is 12.9. The average molecular weight is 419 g/mol. The van der Waals surface area contributed by atoms with Gasteiger partial charge in [-0.25, -0.2) is 4.98 Å². The van der Waals surface area contributed by atoms with Gasteiger partial charge in [-0.2, -0.15) is 13.2 Å². The van der Waals surface area contributed by atoms with Crippen LogP contribution in [0.1, 0.15) is 34.7 Å². The van der Waals surface area contributed by atoms with Gasteiger partial charge in [0.15, 0.2) is 0 Å². The molecule has 0 saturated heterocycles. The number of halogens is 3. The first-order valence-electron chi connectivity index (χ1n) is 9.19. The number of carbonyl (C=O) groups excluding carboxylic acids is 1. The summed E-state index contributed by atoms with van der Waals surface area (Å²) in [6.45, 7) is 2.08. The van der Waals surface area contributed by atoms with E-state index < -0.39 is 23.7 Å². The number of rotatable bonds is 6. The second kappa shape index (κ2) is 8.66. The molecule has 3 aromatic rings. The van der Waals surface area contributed by atoms with Crippen LogP contribution in [0.4, 0.5) is 13.2 Å². The number of ether oxygens (including phenoxy) is 1. The van der Waals surface area contributed by atoms with E-state index in [1.807, 2.05) is 0 Å². The van der Waals surface area contributed by atoms with Crippen LogP contribution in [0.2, 0.25) is 0 Å². The largest absolute Gasteiger partial charge is 0.416 e. The maximum atomic E-state index is 12.9. The molecule has 0 aliphatic rings. The van der Waals surface area contributed by atoms with E-state index in [1.54, 1.807) is 31.2 Å². The molecule has 0 aliphatic carbocycles. The van der Waals surface area contributed by atoms with Gasteiger partial charge in [0.25, 0.3) is 11.5 Å². The van der Waals surface area contributed by atoms with Crippen molar-refractivity contribution in [3.63, 3.8) is 0 Å². The molecule has 9 heteroatoms. The van der Waals surface area contributed by atoms with E-state index in [1.165, 1.54) is 23.8 Å². The molecule has 0 fully saturated rings. The summed E-state index contributed by atoms with van der Waals surface area (Å²) in [6.07, 6.45) is -4.55. The first-order valence-corrected chi connectivity index (χ1v) is 9.19. The number of aromatic nitrogens is 2. The third-order valence-corrected chi connectivity index (χ3v) is 4.60. The predicted octanol–water partition coefficient (Wildman–Crippen LogP) is 3.55. The molecule has 3 rings (SSSR count). The number of methoxy groups -OCH3 is 1. The van der Waals surface area contributed by atoms with Crippen LogP contribution in [0.15, 0.2) is 53.3 Å². The molecule has 1 aromatic heterocycles. The van der Waals surface area contributed by atoms with Crippen LogP contribution in [0.3, 0.4) is 0 Å². The fourth-order valence-electron chi connectivity index (χ4n) is 3.10. The average Bonchev–Trinajstić information content (AvgIpc) is 2.72. The van der Waals surface area contributed by atoms with Crippen molar-refractivity contribution >= 4 is 16.8 Å². The van der Waals surface area contributed by atoms with Crippen LogP contribution < -0.4 is 10.9 Å². The fourth-order valence-corrected chi connectivity index (χ4v) is 3.10. The van der Waals surface area contributed by atoms with Gasteiger partial charge in [0.1, 0.15) is 5.82 Å². The number of nitrogens with one attached hydrogen (secondary N) is 1. The number of nitrogens with zero attached hydrogens (tertiary/aromatic N) is 2. The highest BCUT2D eigenvalue weighted by Crippen LogP contribution is 2.29. The molecule has 0 spiro atoms. The zero-order valence-electron chi connectivity index (χ0n) is 16.4. The molecule has 0 saturated carbocycles. The third kappa shape index (κ3) is 4.51. The van der Waals surface area contributed by atoms with Crippen molar-refractivity contribution in [1.29, 1.82) is 0 Å². The van der Waals surface area contributed by atoms with E-state index in [2.05, 4.69) is 10.3 Å². The Morgan fingerprint density at radius 1 is 1.20 bits per heavy atom. The highest BCUT2D eigenvalue weighted by atomic mass is 19.4. The molecule has 1 heterocycles. The van der Waals surface area contributed by atoms with Crippen LogP contribution in [-0.2, 0) is 17.5 Å². The Bertz CT molecular complexity index is 1130. The van der Waals surface area contributed by atoms with Gasteiger partial charge in [-0.1, -0.05) is 18.2 Å². The Morgan fingerprint density at radius 3 is 2.63 bits per heavy atom. The number of para-hydroxylation sites is 1. The highest BCUT2D eigenvalue weighted by Gasteiger charge is 2.31. The lowest BCUT2D eigenvalue weighted by molar-refractivity contribution is -0.137. The number of hydrogen-bond donors (Lipinski definition) is 1. The monoisotopic (exact) mass is 419 g/mol. The van der Waals surface area contributed by atoms with E-state index in [4.69, 9.17) is 4.74 Å². The van der Waals surface area contributed by atoms with Gasteiger partial charge >= 0.3 is 6.18 Å². The molecule has 6 nitrogen and oxygen atoms in total. The molecule has 0 aliphatic heterocycles. The number of carbonyl (C=O) groups is 1. The molecule has 0 unspecified atom stereocenters. The van der Waals surface area contributed by atoms with Crippen molar-refractivity contribution in [2.45, 2.75) is 25.7 Å². The summed E-state index contributed by atoms with van der Waals surface area (Å²) >= 11 is 0. The molecule has 2 aromatic carbocycles. The molecular weight excluding hydrogens is 399 g/mol. The van der Waals surface area contributed by atoms with Gasteiger partial charge in [0.05, 0.1) is 35.7 Å². The standard InChI is InChI=1S/C21H20F3N3O3/c1-13(25-19(28)14-6-5-7-15(12-14)21(22,23)24)18-26-17-9-4-3-8-16(17)20(29)27(18)10-11-30-2/h3-9,12-13H,10-11H2,1-2H3,(H,25,28)/t13-/m1/s1. The number of amides is 1. The summed E-state index contributed by atoms with van der Waals surface area (Å²) in [5.74, 6) is -0.412. The normalized spacial score (nSPS) is 12.7. The lowest BCUT2D eigenvalue weighted by Gasteiger charge is -2.19. The Balaban J connectivity index is 1.95.